The van der Waals surface area contributed by atoms with E-state index in [0.717, 1.165) is 41.0 Å². The zero-order chi connectivity index (χ0) is 30.4. The van der Waals surface area contributed by atoms with Gasteiger partial charge in [0.2, 0.25) is 5.91 Å². The lowest BCUT2D eigenvalue weighted by Gasteiger charge is -2.48. The average molecular weight is 589 g/mol. The van der Waals surface area contributed by atoms with Gasteiger partial charge in [-0.2, -0.15) is 5.10 Å². The molecular weight excluding hydrogens is 551 g/mol. The lowest BCUT2D eigenvalue weighted by Crippen LogP contribution is -2.55. The Morgan fingerprint density at radius 3 is 2.19 bits per heavy atom. The molecule has 0 bridgehead atoms. The summed E-state index contributed by atoms with van der Waals surface area (Å²) in [5, 5.41) is 46.5. The highest BCUT2D eigenvalue weighted by Crippen LogP contribution is 2.46. The van der Waals surface area contributed by atoms with E-state index < -0.39 is 24.9 Å². The van der Waals surface area contributed by atoms with Crippen LogP contribution < -0.4 is 4.90 Å². The van der Waals surface area contributed by atoms with Crippen LogP contribution in [0.3, 0.4) is 0 Å². The first-order chi connectivity index (χ1) is 20.8. The first-order valence-electron chi connectivity index (χ1n) is 14.5. The molecule has 0 spiro atoms. The van der Waals surface area contributed by atoms with Gasteiger partial charge in [-0.25, -0.2) is 9.37 Å². The summed E-state index contributed by atoms with van der Waals surface area (Å²) in [5.74, 6) is 0.0749. The summed E-state index contributed by atoms with van der Waals surface area (Å²) in [6.45, 7) is -1.05. The van der Waals surface area contributed by atoms with Gasteiger partial charge in [-0.15, -0.1) is 0 Å². The Morgan fingerprint density at radius 2 is 1.56 bits per heavy atom. The van der Waals surface area contributed by atoms with Crippen LogP contribution in [0, 0.1) is 11.7 Å². The van der Waals surface area contributed by atoms with Crippen LogP contribution >= 0.6 is 0 Å². The number of aryl methyl sites for hydroxylation is 3. The monoisotopic (exact) mass is 588 g/mol. The Labute approximate surface area is 249 Å². The second-order valence-corrected chi connectivity index (χ2v) is 11.3. The molecule has 9 nitrogen and oxygen atoms in total. The lowest BCUT2D eigenvalue weighted by molar-refractivity contribution is -0.131. The molecule has 1 unspecified atom stereocenters. The molecule has 4 aromatic rings. The minimum Gasteiger partial charge on any atom is -0.393 e. The number of aliphatic hydroxyl groups excluding tert-OH is 3. The molecule has 10 heteroatoms. The van der Waals surface area contributed by atoms with Gasteiger partial charge in [0.25, 0.3) is 0 Å². The fourth-order valence-electron chi connectivity index (χ4n) is 5.59. The minimum absolute atomic E-state index is 0.0225. The van der Waals surface area contributed by atoms with E-state index in [1.807, 2.05) is 48.5 Å². The van der Waals surface area contributed by atoms with Crippen molar-refractivity contribution in [3.8, 4) is 0 Å². The largest absolute Gasteiger partial charge is 0.393 e. The number of carbonyl (C=O) groups is 1. The van der Waals surface area contributed by atoms with Crippen molar-refractivity contribution >= 4 is 11.6 Å². The molecule has 226 valence electrons. The highest BCUT2D eigenvalue weighted by Gasteiger charge is 2.48. The third kappa shape index (κ3) is 7.17. The number of aromatic amines is 1. The number of halogens is 1. The number of benzene rings is 3. The molecule has 3 atom stereocenters. The van der Waals surface area contributed by atoms with Gasteiger partial charge in [0.1, 0.15) is 23.6 Å². The zero-order valence-electron chi connectivity index (χ0n) is 23.8. The Bertz CT molecular complexity index is 1460. The van der Waals surface area contributed by atoms with E-state index in [2.05, 4.69) is 15.2 Å². The molecule has 43 heavy (non-hydrogen) atoms. The van der Waals surface area contributed by atoms with Gasteiger partial charge in [-0.1, -0.05) is 48.5 Å². The van der Waals surface area contributed by atoms with Crippen LogP contribution in [0.5, 0.6) is 0 Å². The van der Waals surface area contributed by atoms with E-state index in [9.17, 15) is 29.6 Å². The van der Waals surface area contributed by atoms with E-state index in [-0.39, 0.29) is 30.1 Å². The van der Waals surface area contributed by atoms with E-state index in [1.165, 1.54) is 18.5 Å². The van der Waals surface area contributed by atoms with Crippen molar-refractivity contribution in [3.63, 3.8) is 0 Å². The van der Waals surface area contributed by atoms with Crippen LogP contribution in [0.1, 0.15) is 59.5 Å². The molecule has 0 saturated carbocycles. The van der Waals surface area contributed by atoms with Crippen molar-refractivity contribution < 1.29 is 29.6 Å². The van der Waals surface area contributed by atoms with E-state index in [4.69, 9.17) is 0 Å². The van der Waals surface area contributed by atoms with Crippen molar-refractivity contribution in [2.45, 2.75) is 56.3 Å². The molecule has 1 aliphatic heterocycles. The van der Waals surface area contributed by atoms with Crippen LogP contribution in [0.4, 0.5) is 10.1 Å². The fraction of sp³-hybridized carbons (Fsp3) is 0.364. The molecule has 1 amide bonds. The number of aliphatic hydroxyl groups is 4. The molecule has 3 aromatic carbocycles. The first-order valence-corrected chi connectivity index (χ1v) is 14.5. The van der Waals surface area contributed by atoms with Crippen LogP contribution in [0.25, 0.3) is 0 Å². The van der Waals surface area contributed by atoms with Crippen LogP contribution in [0.15, 0.2) is 79.1 Å². The number of H-pyrrole nitrogens is 1. The number of nitrogens with one attached hydrogen (secondary N) is 1. The number of rotatable bonds is 14. The Balaban J connectivity index is 1.32. The molecule has 1 aliphatic rings. The second kappa shape index (κ2) is 13.6. The van der Waals surface area contributed by atoms with Crippen LogP contribution in [-0.2, 0) is 24.1 Å². The van der Waals surface area contributed by atoms with Crippen molar-refractivity contribution in [3.05, 3.63) is 113 Å². The maximum absolute atomic E-state index is 13.6. The standard InChI is InChI=1S/C33H37FN4O5/c34-26-10-8-24(9-11-26)29(41)15-14-28-31(25-6-1-23(2-7-25)17-18-33(43,19-39)20-40)38(32(28)42)27-12-3-22(4-13-27)5-16-30-35-21-36-37-30/h1-4,6-13,21,28-29,31,39-41,43H,5,14-20H2,(H,35,36,37)/t28-,29?,31-/m1/s1. The van der Waals surface area contributed by atoms with Gasteiger partial charge in [0.15, 0.2) is 0 Å². The van der Waals surface area contributed by atoms with Crippen molar-refractivity contribution in [2.24, 2.45) is 5.92 Å². The maximum atomic E-state index is 13.6. The molecule has 1 fully saturated rings. The number of amides is 1. The first kappa shape index (κ1) is 30.5. The van der Waals surface area contributed by atoms with Gasteiger partial charge >= 0.3 is 0 Å². The van der Waals surface area contributed by atoms with E-state index in [0.29, 0.717) is 24.8 Å². The summed E-state index contributed by atoms with van der Waals surface area (Å²) in [4.78, 5) is 19.5. The Morgan fingerprint density at radius 1 is 0.907 bits per heavy atom. The van der Waals surface area contributed by atoms with Crippen molar-refractivity contribution in [1.82, 2.24) is 15.2 Å². The highest BCUT2D eigenvalue weighted by molar-refractivity contribution is 6.03. The number of nitrogens with zero attached hydrogens (tertiary/aromatic N) is 3. The lowest BCUT2D eigenvalue weighted by atomic mass is 9.78. The topological polar surface area (TPSA) is 143 Å². The summed E-state index contributed by atoms with van der Waals surface area (Å²) >= 11 is 0. The number of carbonyl (C=O) groups excluding carboxylic acids is 1. The number of anilines is 1. The third-order valence-corrected chi connectivity index (χ3v) is 8.34. The Kier molecular flexibility index (Phi) is 9.62. The van der Waals surface area contributed by atoms with Crippen molar-refractivity contribution in [2.75, 3.05) is 18.1 Å². The molecule has 1 saturated heterocycles. The van der Waals surface area contributed by atoms with Crippen LogP contribution in [-0.4, -0.2) is 60.3 Å². The molecule has 0 radical (unpaired) electrons. The minimum atomic E-state index is -1.53. The van der Waals surface area contributed by atoms with E-state index >= 15 is 0 Å². The second-order valence-electron chi connectivity index (χ2n) is 11.3. The predicted molar refractivity (Wildman–Crippen MR) is 158 cm³/mol. The molecule has 0 aliphatic carbocycles. The molecular formula is C33H37FN4O5. The van der Waals surface area contributed by atoms with Gasteiger partial charge in [-0.3, -0.25) is 9.89 Å². The van der Waals surface area contributed by atoms with Crippen molar-refractivity contribution in [1.29, 1.82) is 0 Å². The summed E-state index contributed by atoms with van der Waals surface area (Å²) in [6, 6.07) is 21.2. The van der Waals surface area contributed by atoms with Gasteiger partial charge in [0.05, 0.1) is 31.3 Å². The summed E-state index contributed by atoms with van der Waals surface area (Å²) in [7, 11) is 0. The summed E-state index contributed by atoms with van der Waals surface area (Å²) < 4.78 is 13.4. The molecule has 5 N–H and O–H groups in total. The normalized spacial score (nSPS) is 17.6. The quantitative estimate of drug-likeness (QED) is 0.142. The summed E-state index contributed by atoms with van der Waals surface area (Å²) in [5.41, 5.74) is 2.84. The molecule has 2 heterocycles. The van der Waals surface area contributed by atoms with E-state index in [1.54, 1.807) is 17.0 Å². The smallest absolute Gasteiger partial charge is 0.233 e. The summed E-state index contributed by atoms with van der Waals surface area (Å²) in [6.07, 6.45) is 3.66. The predicted octanol–water partition coefficient (Wildman–Crippen LogP) is 3.60. The highest BCUT2D eigenvalue weighted by atomic mass is 19.1. The van der Waals surface area contributed by atoms with Crippen LogP contribution in [0.2, 0.25) is 0 Å². The van der Waals surface area contributed by atoms with Gasteiger partial charge in [-0.05, 0) is 78.6 Å². The number of hydrogen-bond donors (Lipinski definition) is 5. The van der Waals surface area contributed by atoms with Gasteiger partial charge in [0, 0.05) is 12.1 Å². The Hall–Kier alpha value is -3.96. The number of aromatic nitrogens is 3. The fourth-order valence-corrected chi connectivity index (χ4v) is 5.59. The maximum Gasteiger partial charge on any atom is 0.233 e. The zero-order valence-corrected chi connectivity index (χ0v) is 23.8. The SMILES string of the molecule is O=C1[C@H](CCC(O)c2ccc(F)cc2)[C@@H](c2ccc(CCC(O)(CO)CO)cc2)N1c1ccc(CCc2ncn[nH]2)cc1. The molecule has 5 rings (SSSR count). The molecule has 1 aromatic heterocycles. The van der Waals surface area contributed by atoms with Gasteiger partial charge < -0.3 is 25.3 Å². The number of hydrogen-bond acceptors (Lipinski definition) is 7. The number of β-lactam (4-membered cyclic amide) rings is 1. The average Bonchev–Trinajstić information content (AvgIpc) is 3.56. The third-order valence-electron chi connectivity index (χ3n) is 8.34.